The Kier molecular flexibility index (Phi) is 4.70. The predicted molar refractivity (Wildman–Crippen MR) is 95.7 cm³/mol. The molecule has 6 nitrogen and oxygen atoms in total. The van der Waals surface area contributed by atoms with Gasteiger partial charge >= 0.3 is 5.69 Å². The Hall–Kier alpha value is -2.88. The third-order valence-corrected chi connectivity index (χ3v) is 4.02. The number of benzene rings is 2. The molecule has 8 heteroatoms. The molecule has 0 aliphatic rings. The van der Waals surface area contributed by atoms with Crippen molar-refractivity contribution >= 4 is 40.6 Å². The summed E-state index contributed by atoms with van der Waals surface area (Å²) in [6.45, 7) is 1.66. The summed E-state index contributed by atoms with van der Waals surface area (Å²) in [7, 11) is 0. The van der Waals surface area contributed by atoms with Crippen molar-refractivity contribution < 1.29 is 5.11 Å². The summed E-state index contributed by atoms with van der Waals surface area (Å²) < 4.78 is 1.44. The van der Waals surface area contributed by atoms with E-state index in [2.05, 4.69) is 15.1 Å². The number of hydrogen-bond acceptors (Lipinski definition) is 4. The molecular weight excluding hydrogens is 361 g/mol. The molecule has 3 aromatic rings. The first-order valence-electron chi connectivity index (χ1n) is 7.22. The van der Waals surface area contributed by atoms with Gasteiger partial charge in [-0.1, -0.05) is 47.5 Å². The van der Waals surface area contributed by atoms with Gasteiger partial charge in [0.15, 0.2) is 10.7 Å². The molecule has 0 atom stereocenters. The summed E-state index contributed by atoms with van der Waals surface area (Å²) >= 11 is 11.9. The minimum Gasteiger partial charge on any atom is -0.858 e. The zero-order valence-corrected chi connectivity index (χ0v) is 14.5. The van der Waals surface area contributed by atoms with E-state index in [1.54, 1.807) is 25.1 Å². The first-order valence-corrected chi connectivity index (χ1v) is 7.98. The Bertz CT molecular complexity index is 1010. The maximum absolute atomic E-state index is 12.5. The van der Waals surface area contributed by atoms with Crippen LogP contribution >= 0.6 is 23.2 Å². The van der Waals surface area contributed by atoms with Crippen LogP contribution in [0.15, 0.2) is 53.5 Å². The van der Waals surface area contributed by atoms with Crippen molar-refractivity contribution in [2.75, 3.05) is 0 Å². The Morgan fingerprint density at radius 3 is 2.56 bits per heavy atom. The lowest BCUT2D eigenvalue weighted by atomic mass is 10.2. The van der Waals surface area contributed by atoms with Gasteiger partial charge in [-0.15, -0.1) is 0 Å². The topological polar surface area (TPSA) is 81.4 Å². The summed E-state index contributed by atoms with van der Waals surface area (Å²) in [6, 6.07) is 13.6. The van der Waals surface area contributed by atoms with Crippen LogP contribution in [-0.4, -0.2) is 15.7 Å². The number of para-hydroxylation sites is 1. The van der Waals surface area contributed by atoms with Gasteiger partial charge in [-0.3, -0.25) is 0 Å². The first-order chi connectivity index (χ1) is 12.0. The van der Waals surface area contributed by atoms with Crippen molar-refractivity contribution in [3.8, 4) is 5.69 Å². The van der Waals surface area contributed by atoms with Gasteiger partial charge in [-0.25, -0.2) is 9.67 Å². The summed E-state index contributed by atoms with van der Waals surface area (Å²) in [5.74, 6) is -0.481. The van der Waals surface area contributed by atoms with Crippen molar-refractivity contribution in [3.05, 3.63) is 74.8 Å². The summed E-state index contributed by atoms with van der Waals surface area (Å²) in [5, 5.41) is 26.7. The Morgan fingerprint density at radius 2 is 1.92 bits per heavy atom. The highest BCUT2D eigenvalue weighted by Crippen LogP contribution is 2.34. The van der Waals surface area contributed by atoms with Crippen LogP contribution in [0.3, 0.4) is 0 Å². The normalized spacial score (nSPS) is 11.4. The molecule has 1 aromatic heterocycles. The van der Waals surface area contributed by atoms with Gasteiger partial charge in [0.05, 0.1) is 10.7 Å². The first kappa shape index (κ1) is 17.0. The number of hydrogen-bond donors (Lipinski definition) is 0. The van der Waals surface area contributed by atoms with E-state index in [0.29, 0.717) is 16.4 Å². The van der Waals surface area contributed by atoms with Crippen LogP contribution < -0.4 is 5.11 Å². The van der Waals surface area contributed by atoms with E-state index < -0.39 is 5.90 Å². The molecule has 124 valence electrons. The number of diazo groups is 1. The Morgan fingerprint density at radius 1 is 1.20 bits per heavy atom. The van der Waals surface area contributed by atoms with Crippen LogP contribution in [0.5, 0.6) is 0 Å². The molecule has 1 heterocycles. The number of rotatable bonds is 3. The smallest absolute Gasteiger partial charge is 0.451 e. The van der Waals surface area contributed by atoms with Crippen molar-refractivity contribution in [1.29, 1.82) is 5.39 Å². The van der Waals surface area contributed by atoms with Gasteiger partial charge in [0.2, 0.25) is 5.39 Å². The van der Waals surface area contributed by atoms with Crippen LogP contribution in [-0.2, 0) is 0 Å². The lowest BCUT2D eigenvalue weighted by Gasteiger charge is -2.12. The minimum absolute atomic E-state index is 0.113. The van der Waals surface area contributed by atoms with Crippen LogP contribution in [0.25, 0.3) is 10.7 Å². The van der Waals surface area contributed by atoms with E-state index in [0.717, 1.165) is 0 Å². The quantitative estimate of drug-likeness (QED) is 0.388. The molecule has 0 spiro atoms. The molecule has 0 aliphatic heterocycles. The van der Waals surface area contributed by atoms with E-state index in [-0.39, 0.29) is 22.1 Å². The van der Waals surface area contributed by atoms with Crippen molar-refractivity contribution in [2.24, 2.45) is 4.99 Å². The van der Waals surface area contributed by atoms with Crippen LogP contribution in [0.2, 0.25) is 10.0 Å². The lowest BCUT2D eigenvalue weighted by Crippen LogP contribution is -2.19. The van der Waals surface area contributed by atoms with Gasteiger partial charge in [0.1, 0.15) is 0 Å². The molecule has 25 heavy (non-hydrogen) atoms. The highest BCUT2D eigenvalue weighted by Gasteiger charge is 2.26. The molecule has 0 N–H and O–H groups in total. The average molecular weight is 372 g/mol. The fourth-order valence-corrected chi connectivity index (χ4v) is 2.78. The van der Waals surface area contributed by atoms with E-state index in [1.165, 1.54) is 16.8 Å². The minimum atomic E-state index is -0.594. The van der Waals surface area contributed by atoms with E-state index >= 15 is 0 Å². The molecule has 0 aliphatic carbocycles. The summed E-state index contributed by atoms with van der Waals surface area (Å²) in [4.78, 5) is 7.28. The zero-order valence-electron chi connectivity index (χ0n) is 13.0. The second-order valence-corrected chi connectivity index (χ2v) is 5.99. The molecule has 0 saturated carbocycles. The molecule has 2 aromatic carbocycles. The average Bonchev–Trinajstić information content (AvgIpc) is 2.91. The summed E-state index contributed by atoms with van der Waals surface area (Å²) in [5.41, 5.74) is 1.41. The Labute approximate surface area is 153 Å². The highest BCUT2D eigenvalue weighted by molar-refractivity contribution is 6.36. The third-order valence-electron chi connectivity index (χ3n) is 3.47. The standard InChI is InChI=1S/C17H11Cl2N5O/c1-10-15(22-20)16(24(23-10)12-5-3-2-4-6-12)21-17(25)13-8-7-11(18)9-14(13)19/h2-9H,1H3. The SMILES string of the molecule is Cc1nn(-c2ccccc2)c(N=C([O-])c2ccc(Cl)cc2Cl)c1[N+]#N. The molecule has 0 fully saturated rings. The largest absolute Gasteiger partial charge is 0.858 e. The van der Waals surface area contributed by atoms with Gasteiger partial charge in [0, 0.05) is 10.6 Å². The van der Waals surface area contributed by atoms with Gasteiger partial charge in [-0.2, -0.15) is 5.10 Å². The fourth-order valence-electron chi connectivity index (χ4n) is 2.29. The van der Waals surface area contributed by atoms with Gasteiger partial charge in [0.25, 0.3) is 5.82 Å². The monoisotopic (exact) mass is 371 g/mol. The molecule has 0 saturated heterocycles. The van der Waals surface area contributed by atoms with Crippen molar-refractivity contribution in [1.82, 2.24) is 9.78 Å². The van der Waals surface area contributed by atoms with E-state index in [9.17, 15) is 10.5 Å². The molecule has 0 bridgehead atoms. The number of aliphatic imine (C=N–C) groups is 1. The number of nitrogens with zero attached hydrogens (tertiary/aromatic N) is 5. The summed E-state index contributed by atoms with van der Waals surface area (Å²) in [6.07, 6.45) is 0. The van der Waals surface area contributed by atoms with Gasteiger partial charge in [-0.05, 0) is 37.1 Å². The van der Waals surface area contributed by atoms with Crippen LogP contribution in [0.4, 0.5) is 11.5 Å². The zero-order chi connectivity index (χ0) is 18.0. The van der Waals surface area contributed by atoms with E-state index in [1.807, 2.05) is 18.2 Å². The van der Waals surface area contributed by atoms with Crippen molar-refractivity contribution in [2.45, 2.75) is 6.92 Å². The number of aromatic nitrogens is 2. The second kappa shape index (κ2) is 6.93. The van der Waals surface area contributed by atoms with E-state index in [4.69, 9.17) is 23.2 Å². The van der Waals surface area contributed by atoms with Gasteiger partial charge < -0.3 is 5.11 Å². The maximum atomic E-state index is 12.5. The molecule has 0 unspecified atom stereocenters. The maximum Gasteiger partial charge on any atom is 0.451 e. The van der Waals surface area contributed by atoms with Crippen LogP contribution in [0.1, 0.15) is 11.3 Å². The van der Waals surface area contributed by atoms with Crippen LogP contribution in [0, 0.1) is 12.3 Å². The number of halogens is 2. The molecular formula is C17H11Cl2N5O. The second-order valence-electron chi connectivity index (χ2n) is 5.15. The lowest BCUT2D eigenvalue weighted by molar-refractivity contribution is -0.212. The molecule has 0 radical (unpaired) electrons. The fraction of sp³-hybridized carbons (Fsp3) is 0.0588. The molecule has 3 rings (SSSR count). The highest BCUT2D eigenvalue weighted by atomic mass is 35.5. The number of aryl methyl sites for hydroxylation is 1. The Balaban J connectivity index is 2.18. The van der Waals surface area contributed by atoms with Crippen molar-refractivity contribution in [3.63, 3.8) is 0 Å². The predicted octanol–water partition coefficient (Wildman–Crippen LogP) is 4.41. The molecule has 0 amide bonds. The third kappa shape index (κ3) is 3.33.